The van der Waals surface area contributed by atoms with Crippen LogP contribution in [0.15, 0.2) is 22.0 Å². The van der Waals surface area contributed by atoms with Crippen molar-refractivity contribution in [1.82, 2.24) is 29.4 Å². The van der Waals surface area contributed by atoms with Crippen molar-refractivity contribution in [3.8, 4) is 0 Å². The predicted molar refractivity (Wildman–Crippen MR) is 79.2 cm³/mol. The predicted octanol–water partition coefficient (Wildman–Crippen LogP) is -0.954. The van der Waals surface area contributed by atoms with Crippen LogP contribution in [0.25, 0.3) is 0 Å². The highest BCUT2D eigenvalue weighted by molar-refractivity contribution is 5.89. The van der Waals surface area contributed by atoms with E-state index in [-0.39, 0.29) is 17.1 Å². The van der Waals surface area contributed by atoms with Gasteiger partial charge in [0.25, 0.3) is 5.56 Å². The van der Waals surface area contributed by atoms with Gasteiger partial charge in [-0.1, -0.05) is 0 Å². The fraction of sp³-hybridized carbons (Fsp3) is 0.462. The highest BCUT2D eigenvalue weighted by Gasteiger charge is 2.10. The highest BCUT2D eigenvalue weighted by atomic mass is 16.5. The summed E-state index contributed by atoms with van der Waals surface area (Å²) in [6.45, 7) is 2.72. The van der Waals surface area contributed by atoms with Crippen LogP contribution < -0.4 is 16.7 Å². The summed E-state index contributed by atoms with van der Waals surface area (Å²) in [6.07, 6.45) is 2.80. The molecule has 0 bridgehead atoms. The molecule has 0 unspecified atom stereocenters. The maximum atomic E-state index is 12.0. The van der Waals surface area contributed by atoms with Crippen LogP contribution >= 0.6 is 0 Å². The average Bonchev–Trinajstić information content (AvgIpc) is 3.00. The van der Waals surface area contributed by atoms with Gasteiger partial charge in [0.05, 0.1) is 0 Å². The zero-order chi connectivity index (χ0) is 17.0. The molecule has 23 heavy (non-hydrogen) atoms. The van der Waals surface area contributed by atoms with E-state index >= 15 is 0 Å². The van der Waals surface area contributed by atoms with Gasteiger partial charge in [-0.25, -0.2) is 15.3 Å². The van der Waals surface area contributed by atoms with E-state index < -0.39 is 5.91 Å². The molecule has 0 spiro atoms. The molecule has 2 rings (SSSR count). The molecule has 124 valence electrons. The van der Waals surface area contributed by atoms with Crippen LogP contribution in [0.2, 0.25) is 0 Å². The standard InChI is InChI=1S/C13H18N6O4/c1-9-7-10(20)17(2)13(22)19(9)6-4-3-5-18-8-14-11(15-18)12(21)16-23/h7-8,23H,3-6H2,1-2H3,(H,16,21). The molecule has 0 aliphatic rings. The molecule has 0 aliphatic heterocycles. The third-order valence-corrected chi connectivity index (χ3v) is 3.47. The number of aromatic nitrogens is 5. The zero-order valence-corrected chi connectivity index (χ0v) is 12.9. The van der Waals surface area contributed by atoms with Crippen molar-refractivity contribution >= 4 is 5.91 Å². The summed E-state index contributed by atoms with van der Waals surface area (Å²) in [7, 11) is 1.45. The molecule has 10 nitrogen and oxygen atoms in total. The third-order valence-electron chi connectivity index (χ3n) is 3.47. The van der Waals surface area contributed by atoms with Crippen LogP contribution in [0, 0.1) is 6.92 Å². The Balaban J connectivity index is 1.93. The summed E-state index contributed by atoms with van der Waals surface area (Å²) in [5.41, 5.74) is 1.43. The van der Waals surface area contributed by atoms with Crippen molar-refractivity contribution in [3.05, 3.63) is 44.8 Å². The van der Waals surface area contributed by atoms with Crippen molar-refractivity contribution in [2.45, 2.75) is 32.9 Å². The Morgan fingerprint density at radius 3 is 2.70 bits per heavy atom. The molecule has 2 heterocycles. The maximum Gasteiger partial charge on any atom is 0.330 e. The van der Waals surface area contributed by atoms with Crippen LogP contribution in [0.3, 0.4) is 0 Å². The second kappa shape index (κ2) is 7.01. The average molecular weight is 322 g/mol. The molecule has 2 aromatic heterocycles. The molecule has 0 aliphatic carbocycles. The topological polar surface area (TPSA) is 124 Å². The third kappa shape index (κ3) is 3.72. The molecule has 2 aromatic rings. The molecular formula is C13H18N6O4. The molecule has 1 amide bonds. The number of carbonyl (C=O) groups excluding carboxylic acids is 1. The minimum absolute atomic E-state index is 0.113. The molecule has 2 N–H and O–H groups in total. The first kappa shape index (κ1) is 16.6. The number of amides is 1. The van der Waals surface area contributed by atoms with E-state index in [4.69, 9.17) is 5.21 Å². The number of carbonyl (C=O) groups is 1. The summed E-state index contributed by atoms with van der Waals surface area (Å²) in [5, 5.41) is 12.4. The number of unbranched alkanes of at least 4 members (excludes halogenated alkanes) is 1. The SMILES string of the molecule is Cc1cc(=O)n(C)c(=O)n1CCCCn1cnc(C(=O)NO)n1. The van der Waals surface area contributed by atoms with Gasteiger partial charge in [0.15, 0.2) is 0 Å². The quantitative estimate of drug-likeness (QED) is 0.401. The van der Waals surface area contributed by atoms with E-state index in [1.54, 1.807) is 11.5 Å². The van der Waals surface area contributed by atoms with Crippen LogP contribution in [0.4, 0.5) is 0 Å². The Kier molecular flexibility index (Phi) is 5.06. The Bertz CT molecular complexity index is 819. The summed E-state index contributed by atoms with van der Waals surface area (Å²) in [4.78, 5) is 38.4. The van der Waals surface area contributed by atoms with Gasteiger partial charge in [0, 0.05) is 31.9 Å². The van der Waals surface area contributed by atoms with Crippen LogP contribution in [0.1, 0.15) is 29.2 Å². The minimum Gasteiger partial charge on any atom is -0.298 e. The van der Waals surface area contributed by atoms with Gasteiger partial charge in [-0.2, -0.15) is 0 Å². The van der Waals surface area contributed by atoms with Gasteiger partial charge in [-0.15, -0.1) is 5.10 Å². The van der Waals surface area contributed by atoms with Crippen molar-refractivity contribution in [2.75, 3.05) is 0 Å². The number of hydroxylamine groups is 1. The number of nitrogens with zero attached hydrogens (tertiary/aromatic N) is 5. The minimum atomic E-state index is -0.767. The Morgan fingerprint density at radius 2 is 2.00 bits per heavy atom. The van der Waals surface area contributed by atoms with Gasteiger partial charge in [-0.05, 0) is 19.8 Å². The second-order valence-corrected chi connectivity index (χ2v) is 5.10. The lowest BCUT2D eigenvalue weighted by Gasteiger charge is -2.10. The molecular weight excluding hydrogens is 304 g/mol. The zero-order valence-electron chi connectivity index (χ0n) is 12.9. The van der Waals surface area contributed by atoms with Gasteiger partial charge < -0.3 is 0 Å². The van der Waals surface area contributed by atoms with Crippen LogP contribution in [0.5, 0.6) is 0 Å². The normalized spacial score (nSPS) is 10.7. The molecule has 0 radical (unpaired) electrons. The van der Waals surface area contributed by atoms with Gasteiger partial charge in [0.2, 0.25) is 5.82 Å². The van der Waals surface area contributed by atoms with E-state index in [1.165, 1.54) is 29.6 Å². The number of aryl methyl sites for hydroxylation is 2. The van der Waals surface area contributed by atoms with Gasteiger partial charge >= 0.3 is 11.6 Å². The van der Waals surface area contributed by atoms with E-state index in [2.05, 4.69) is 10.1 Å². The first-order valence-corrected chi connectivity index (χ1v) is 7.05. The summed E-state index contributed by atoms with van der Waals surface area (Å²) in [5.74, 6) is -0.881. The smallest absolute Gasteiger partial charge is 0.298 e. The van der Waals surface area contributed by atoms with Crippen LogP contribution in [-0.4, -0.2) is 35.0 Å². The molecule has 0 aromatic carbocycles. The monoisotopic (exact) mass is 322 g/mol. The van der Waals surface area contributed by atoms with Crippen molar-refractivity contribution in [2.24, 2.45) is 7.05 Å². The largest absolute Gasteiger partial charge is 0.330 e. The first-order chi connectivity index (χ1) is 10.9. The Labute approximate surface area is 131 Å². The van der Waals surface area contributed by atoms with E-state index in [9.17, 15) is 14.4 Å². The summed E-state index contributed by atoms with van der Waals surface area (Å²) in [6, 6.07) is 1.43. The fourth-order valence-corrected chi connectivity index (χ4v) is 2.15. The van der Waals surface area contributed by atoms with Crippen molar-refractivity contribution < 1.29 is 10.0 Å². The first-order valence-electron chi connectivity index (χ1n) is 7.05. The van der Waals surface area contributed by atoms with Gasteiger partial charge in [0.1, 0.15) is 6.33 Å². The van der Waals surface area contributed by atoms with Crippen molar-refractivity contribution in [3.63, 3.8) is 0 Å². The molecule has 0 fully saturated rings. The second-order valence-electron chi connectivity index (χ2n) is 5.10. The number of hydrogen-bond acceptors (Lipinski definition) is 6. The molecule has 10 heteroatoms. The van der Waals surface area contributed by atoms with E-state index in [1.807, 2.05) is 0 Å². The molecule has 0 atom stereocenters. The lowest BCUT2D eigenvalue weighted by Crippen LogP contribution is -2.38. The highest BCUT2D eigenvalue weighted by Crippen LogP contribution is 1.99. The fourth-order valence-electron chi connectivity index (χ4n) is 2.15. The molecule has 0 saturated heterocycles. The lowest BCUT2D eigenvalue weighted by atomic mass is 10.3. The number of hydrogen-bond donors (Lipinski definition) is 2. The van der Waals surface area contributed by atoms with Crippen LogP contribution in [-0.2, 0) is 20.1 Å². The summed E-state index contributed by atoms with van der Waals surface area (Å²) < 4.78 is 4.11. The van der Waals surface area contributed by atoms with Gasteiger partial charge in [-0.3, -0.25) is 28.6 Å². The maximum absolute atomic E-state index is 12.0. The van der Waals surface area contributed by atoms with E-state index in [0.29, 0.717) is 31.6 Å². The van der Waals surface area contributed by atoms with Crippen molar-refractivity contribution in [1.29, 1.82) is 0 Å². The number of nitrogens with one attached hydrogen (secondary N) is 1. The summed E-state index contributed by atoms with van der Waals surface area (Å²) >= 11 is 0. The Morgan fingerprint density at radius 1 is 1.30 bits per heavy atom. The molecule has 0 saturated carbocycles. The lowest BCUT2D eigenvalue weighted by molar-refractivity contribution is 0.0694. The number of rotatable bonds is 6. The Hall–Kier alpha value is -2.75. The van der Waals surface area contributed by atoms with E-state index in [0.717, 1.165) is 4.57 Å².